The lowest BCUT2D eigenvalue weighted by Gasteiger charge is -2.38. The second kappa shape index (κ2) is 7.58. The van der Waals surface area contributed by atoms with Crippen LogP contribution in [0.4, 0.5) is 0 Å². The Kier molecular flexibility index (Phi) is 5.02. The summed E-state index contributed by atoms with van der Waals surface area (Å²) >= 11 is 0. The van der Waals surface area contributed by atoms with Crippen LogP contribution in [0.1, 0.15) is 41.7 Å². The molecule has 2 aliphatic rings. The van der Waals surface area contributed by atoms with Crippen LogP contribution >= 0.6 is 0 Å². The third-order valence-electron chi connectivity index (χ3n) is 5.78. The molecule has 0 bridgehead atoms. The number of aryl methyl sites for hydroxylation is 1. The molecule has 2 saturated heterocycles. The second-order valence-corrected chi connectivity index (χ2v) is 7.48. The number of rotatable bonds is 3. The van der Waals surface area contributed by atoms with Gasteiger partial charge in [0.15, 0.2) is 0 Å². The summed E-state index contributed by atoms with van der Waals surface area (Å²) in [6, 6.07) is 12.7. The van der Waals surface area contributed by atoms with E-state index in [2.05, 4.69) is 26.9 Å². The van der Waals surface area contributed by atoms with Gasteiger partial charge in [0.05, 0.1) is 11.3 Å². The highest BCUT2D eigenvalue weighted by Gasteiger charge is 2.31. The molecule has 1 amide bonds. The summed E-state index contributed by atoms with van der Waals surface area (Å²) in [6.45, 7) is 6.02. The fourth-order valence-corrected chi connectivity index (χ4v) is 4.40. The highest BCUT2D eigenvalue weighted by atomic mass is 16.2. The van der Waals surface area contributed by atoms with Crippen molar-refractivity contribution < 1.29 is 4.79 Å². The zero-order chi connectivity index (χ0) is 17.9. The first-order valence-electron chi connectivity index (χ1n) is 9.78. The molecule has 4 rings (SSSR count). The summed E-state index contributed by atoms with van der Waals surface area (Å²) < 4.78 is 0. The number of likely N-dealkylation sites (tertiary alicyclic amines) is 2. The molecule has 0 N–H and O–H groups in total. The van der Waals surface area contributed by atoms with E-state index in [1.165, 1.54) is 32.4 Å². The summed E-state index contributed by atoms with van der Waals surface area (Å²) in [6.07, 6.45) is 6.69. The minimum atomic E-state index is 0.137. The first-order valence-corrected chi connectivity index (χ1v) is 9.78. The van der Waals surface area contributed by atoms with Crippen molar-refractivity contribution >= 4 is 5.91 Å². The molecule has 136 valence electrons. The van der Waals surface area contributed by atoms with Crippen molar-refractivity contribution in [2.45, 2.75) is 38.6 Å². The monoisotopic (exact) mass is 349 g/mol. The lowest BCUT2D eigenvalue weighted by atomic mass is 9.97. The number of hydrogen-bond acceptors (Lipinski definition) is 3. The maximum Gasteiger partial charge on any atom is 0.256 e. The molecule has 1 atom stereocenters. The SMILES string of the molecule is Cc1nccc(-c2ccccc2)c1C(=O)N1CCCC(N2CCCC2)C1. The van der Waals surface area contributed by atoms with Gasteiger partial charge in [-0.3, -0.25) is 14.7 Å². The first kappa shape index (κ1) is 17.2. The van der Waals surface area contributed by atoms with E-state index in [0.717, 1.165) is 41.9 Å². The number of nitrogens with zero attached hydrogens (tertiary/aromatic N) is 3. The molecule has 2 aliphatic heterocycles. The van der Waals surface area contributed by atoms with Gasteiger partial charge in [-0.15, -0.1) is 0 Å². The Balaban J connectivity index is 1.62. The van der Waals surface area contributed by atoms with Crippen molar-refractivity contribution in [3.63, 3.8) is 0 Å². The molecule has 2 aromatic rings. The average Bonchev–Trinajstić information content (AvgIpc) is 3.23. The zero-order valence-corrected chi connectivity index (χ0v) is 15.5. The Morgan fingerprint density at radius 1 is 1.04 bits per heavy atom. The van der Waals surface area contributed by atoms with E-state index in [9.17, 15) is 4.79 Å². The van der Waals surface area contributed by atoms with Crippen LogP contribution in [0.5, 0.6) is 0 Å². The maximum absolute atomic E-state index is 13.4. The maximum atomic E-state index is 13.4. The van der Waals surface area contributed by atoms with Gasteiger partial charge in [0.2, 0.25) is 0 Å². The number of piperidine rings is 1. The average molecular weight is 349 g/mol. The van der Waals surface area contributed by atoms with Crippen LogP contribution in [-0.2, 0) is 0 Å². The number of hydrogen-bond donors (Lipinski definition) is 0. The van der Waals surface area contributed by atoms with Crippen LogP contribution in [-0.4, -0.2) is 52.9 Å². The smallest absolute Gasteiger partial charge is 0.256 e. The predicted molar refractivity (Wildman–Crippen MR) is 104 cm³/mol. The summed E-state index contributed by atoms with van der Waals surface area (Å²) in [7, 11) is 0. The Labute approximate surface area is 155 Å². The Bertz CT molecular complexity index is 768. The molecule has 4 heteroatoms. The molecule has 0 spiro atoms. The molecular weight excluding hydrogens is 322 g/mol. The second-order valence-electron chi connectivity index (χ2n) is 7.48. The number of aromatic nitrogens is 1. The summed E-state index contributed by atoms with van der Waals surface area (Å²) in [5.74, 6) is 0.137. The van der Waals surface area contributed by atoms with Crippen LogP contribution in [0, 0.1) is 6.92 Å². The molecule has 0 saturated carbocycles. The van der Waals surface area contributed by atoms with Gasteiger partial charge in [-0.05, 0) is 62.9 Å². The normalized spacial score (nSPS) is 21.1. The molecular formula is C22H27N3O. The Morgan fingerprint density at radius 2 is 1.81 bits per heavy atom. The van der Waals surface area contributed by atoms with Crippen LogP contribution in [0.3, 0.4) is 0 Å². The van der Waals surface area contributed by atoms with Gasteiger partial charge in [-0.1, -0.05) is 30.3 Å². The fourth-order valence-electron chi connectivity index (χ4n) is 4.40. The van der Waals surface area contributed by atoms with Gasteiger partial charge < -0.3 is 4.90 Å². The molecule has 0 aliphatic carbocycles. The van der Waals surface area contributed by atoms with Crippen molar-refractivity contribution in [3.8, 4) is 11.1 Å². The number of carbonyl (C=O) groups excluding carboxylic acids is 1. The molecule has 1 aromatic heterocycles. The quantitative estimate of drug-likeness (QED) is 0.847. The van der Waals surface area contributed by atoms with E-state index in [1.54, 1.807) is 6.20 Å². The predicted octanol–water partition coefficient (Wildman–Crippen LogP) is 3.76. The van der Waals surface area contributed by atoms with Crippen molar-refractivity contribution in [1.82, 2.24) is 14.8 Å². The molecule has 1 unspecified atom stereocenters. The standard InChI is InChI=1S/C22H27N3O/c1-17-21(20(11-12-23-17)18-8-3-2-4-9-18)22(26)25-15-7-10-19(16-25)24-13-5-6-14-24/h2-4,8-9,11-12,19H,5-7,10,13-16H2,1H3. The number of pyridine rings is 1. The van der Waals surface area contributed by atoms with Gasteiger partial charge in [0.25, 0.3) is 5.91 Å². The first-order chi connectivity index (χ1) is 12.7. The van der Waals surface area contributed by atoms with Crippen LogP contribution in [0.25, 0.3) is 11.1 Å². The van der Waals surface area contributed by atoms with Gasteiger partial charge in [-0.25, -0.2) is 0 Å². The molecule has 2 fully saturated rings. The van der Waals surface area contributed by atoms with Gasteiger partial charge in [0.1, 0.15) is 0 Å². The van der Waals surface area contributed by atoms with E-state index in [4.69, 9.17) is 0 Å². The van der Waals surface area contributed by atoms with Crippen molar-refractivity contribution in [2.24, 2.45) is 0 Å². The molecule has 3 heterocycles. The highest BCUT2D eigenvalue weighted by molar-refractivity contribution is 6.01. The third-order valence-corrected chi connectivity index (χ3v) is 5.78. The number of benzene rings is 1. The summed E-state index contributed by atoms with van der Waals surface area (Å²) in [5, 5.41) is 0. The van der Waals surface area contributed by atoms with Crippen LogP contribution in [0.15, 0.2) is 42.6 Å². The minimum Gasteiger partial charge on any atom is -0.337 e. The van der Waals surface area contributed by atoms with Crippen molar-refractivity contribution in [3.05, 3.63) is 53.9 Å². The molecule has 4 nitrogen and oxygen atoms in total. The number of carbonyl (C=O) groups is 1. The van der Waals surface area contributed by atoms with Gasteiger partial charge in [0, 0.05) is 25.3 Å². The summed E-state index contributed by atoms with van der Waals surface area (Å²) in [4.78, 5) is 22.5. The Hall–Kier alpha value is -2.20. The van der Waals surface area contributed by atoms with Crippen LogP contribution < -0.4 is 0 Å². The largest absolute Gasteiger partial charge is 0.337 e. The Morgan fingerprint density at radius 3 is 2.58 bits per heavy atom. The fraction of sp³-hybridized carbons (Fsp3) is 0.455. The minimum absolute atomic E-state index is 0.137. The highest BCUT2D eigenvalue weighted by Crippen LogP contribution is 2.28. The lowest BCUT2D eigenvalue weighted by Crippen LogP contribution is -2.49. The van der Waals surface area contributed by atoms with E-state index < -0.39 is 0 Å². The molecule has 1 aromatic carbocycles. The van der Waals surface area contributed by atoms with Gasteiger partial charge in [-0.2, -0.15) is 0 Å². The van der Waals surface area contributed by atoms with E-state index in [0.29, 0.717) is 6.04 Å². The number of amides is 1. The van der Waals surface area contributed by atoms with E-state index >= 15 is 0 Å². The topological polar surface area (TPSA) is 36.4 Å². The third kappa shape index (κ3) is 3.38. The lowest BCUT2D eigenvalue weighted by molar-refractivity contribution is 0.0607. The van der Waals surface area contributed by atoms with Crippen molar-refractivity contribution in [2.75, 3.05) is 26.2 Å². The van der Waals surface area contributed by atoms with Crippen molar-refractivity contribution in [1.29, 1.82) is 0 Å². The van der Waals surface area contributed by atoms with E-state index in [-0.39, 0.29) is 5.91 Å². The van der Waals surface area contributed by atoms with Gasteiger partial charge >= 0.3 is 0 Å². The summed E-state index contributed by atoms with van der Waals surface area (Å²) in [5.41, 5.74) is 3.65. The van der Waals surface area contributed by atoms with E-state index in [1.807, 2.05) is 31.2 Å². The van der Waals surface area contributed by atoms with Crippen LogP contribution in [0.2, 0.25) is 0 Å². The zero-order valence-electron chi connectivity index (χ0n) is 15.5. The molecule has 0 radical (unpaired) electrons. The molecule has 26 heavy (non-hydrogen) atoms.